The Morgan fingerprint density at radius 2 is 1.76 bits per heavy atom. The van der Waals surface area contributed by atoms with Crippen LogP contribution in [0.25, 0.3) is 0 Å². The Labute approximate surface area is 158 Å². The fraction of sp³-hybridized carbons (Fsp3) is 0.533. The lowest BCUT2D eigenvalue weighted by Crippen LogP contribution is -2.38. The lowest BCUT2D eigenvalue weighted by Gasteiger charge is -2.24. The Balaban J connectivity index is 0.00000400. The smallest absolute Gasteiger partial charge is 0.191 e. The molecule has 0 spiro atoms. The molecule has 0 aliphatic rings. The second-order valence-corrected chi connectivity index (χ2v) is 7.86. The van der Waals surface area contributed by atoms with E-state index in [1.165, 1.54) is 4.90 Å². The van der Waals surface area contributed by atoms with Gasteiger partial charge in [0.2, 0.25) is 0 Å². The maximum absolute atomic E-state index is 6.02. The fourth-order valence-corrected chi connectivity index (χ4v) is 3.08. The average Bonchev–Trinajstić information content (AvgIpc) is 2.40. The Hall–Kier alpha value is 0.0500. The van der Waals surface area contributed by atoms with Crippen molar-refractivity contribution in [3.63, 3.8) is 0 Å². The van der Waals surface area contributed by atoms with Crippen LogP contribution in [0.5, 0.6) is 0 Å². The minimum atomic E-state index is 0. The van der Waals surface area contributed by atoms with Crippen molar-refractivity contribution < 1.29 is 0 Å². The summed E-state index contributed by atoms with van der Waals surface area (Å²) in [6.45, 7) is 11.1. The first-order chi connectivity index (χ1) is 9.38. The monoisotopic (exact) mass is 485 g/mol. The summed E-state index contributed by atoms with van der Waals surface area (Å²) in [7, 11) is 0. The number of hydrogen-bond donors (Lipinski definition) is 1. The number of guanidine groups is 1. The van der Waals surface area contributed by atoms with E-state index in [1.807, 2.05) is 11.8 Å². The molecule has 0 fully saturated rings. The predicted octanol–water partition coefficient (Wildman–Crippen LogP) is 4.59. The largest absolute Gasteiger partial charge is 0.370 e. The van der Waals surface area contributed by atoms with Crippen LogP contribution < -0.4 is 5.73 Å². The molecule has 0 heterocycles. The number of nitrogens with zero attached hydrogens (tertiary/aromatic N) is 2. The van der Waals surface area contributed by atoms with Crippen LogP contribution in [0.15, 0.2) is 38.6 Å². The molecule has 0 unspecified atom stereocenters. The Morgan fingerprint density at radius 1 is 1.24 bits per heavy atom. The van der Waals surface area contributed by atoms with Crippen molar-refractivity contribution in [3.05, 3.63) is 28.7 Å². The zero-order valence-electron chi connectivity index (χ0n) is 13.1. The van der Waals surface area contributed by atoms with Gasteiger partial charge in [-0.15, -0.1) is 35.7 Å². The molecular formula is C15H25BrIN3S. The van der Waals surface area contributed by atoms with E-state index in [1.54, 1.807) is 0 Å². The van der Waals surface area contributed by atoms with Crippen molar-refractivity contribution in [1.29, 1.82) is 0 Å². The summed E-state index contributed by atoms with van der Waals surface area (Å²) >= 11 is 5.27. The third-order valence-electron chi connectivity index (χ3n) is 2.92. The molecule has 0 radical (unpaired) electrons. The summed E-state index contributed by atoms with van der Waals surface area (Å²) in [5.74, 6) is 0.638. The van der Waals surface area contributed by atoms with Crippen LogP contribution in [-0.2, 0) is 0 Å². The molecule has 1 aromatic rings. The van der Waals surface area contributed by atoms with Crippen molar-refractivity contribution in [2.45, 2.75) is 37.3 Å². The number of thioether (sulfide) groups is 1. The zero-order valence-corrected chi connectivity index (χ0v) is 17.8. The molecule has 1 aromatic carbocycles. The van der Waals surface area contributed by atoms with Gasteiger partial charge in [-0.05, 0) is 52.0 Å². The lowest BCUT2D eigenvalue weighted by molar-refractivity contribution is 0.457. The molecule has 0 aromatic heterocycles. The van der Waals surface area contributed by atoms with Crippen LogP contribution in [0.1, 0.15) is 27.7 Å². The minimum absolute atomic E-state index is 0. The first-order valence-electron chi connectivity index (χ1n) is 6.87. The van der Waals surface area contributed by atoms with Crippen LogP contribution >= 0.6 is 51.7 Å². The maximum Gasteiger partial charge on any atom is 0.191 e. The lowest BCUT2D eigenvalue weighted by atomic mass is 10.2. The van der Waals surface area contributed by atoms with Crippen LogP contribution in [-0.4, -0.2) is 35.2 Å². The summed E-state index contributed by atoms with van der Waals surface area (Å²) in [4.78, 5) is 7.86. The van der Waals surface area contributed by atoms with E-state index < -0.39 is 0 Å². The first-order valence-corrected chi connectivity index (χ1v) is 8.48. The van der Waals surface area contributed by atoms with Gasteiger partial charge in [-0.3, -0.25) is 4.99 Å². The number of benzene rings is 1. The molecule has 21 heavy (non-hydrogen) atoms. The van der Waals surface area contributed by atoms with Crippen LogP contribution in [0.4, 0.5) is 0 Å². The molecular weight excluding hydrogens is 461 g/mol. The topological polar surface area (TPSA) is 41.6 Å². The van der Waals surface area contributed by atoms with Gasteiger partial charge in [-0.1, -0.05) is 15.9 Å². The molecule has 0 amide bonds. The van der Waals surface area contributed by atoms with E-state index in [0.29, 0.717) is 12.5 Å². The molecule has 6 heteroatoms. The first kappa shape index (κ1) is 21.0. The molecule has 0 saturated carbocycles. The molecule has 1 rings (SSSR count). The van der Waals surface area contributed by atoms with Gasteiger partial charge in [0.15, 0.2) is 5.96 Å². The highest BCUT2D eigenvalue weighted by Gasteiger charge is 2.19. The van der Waals surface area contributed by atoms with E-state index in [-0.39, 0.29) is 28.7 Å². The van der Waals surface area contributed by atoms with Crippen LogP contribution in [0.3, 0.4) is 0 Å². The second-order valence-electron chi connectivity index (χ2n) is 5.16. The third kappa shape index (κ3) is 7.74. The highest BCUT2D eigenvalue weighted by atomic mass is 127. The molecule has 0 bridgehead atoms. The summed E-state index contributed by atoms with van der Waals surface area (Å²) in [5, 5.41) is 0. The Kier molecular flexibility index (Phi) is 9.97. The van der Waals surface area contributed by atoms with Crippen LogP contribution in [0.2, 0.25) is 0 Å². The SMILES string of the molecule is CCN(CC)C(N)=NCC(C)(C)Sc1ccc(Br)cc1.I. The quantitative estimate of drug-likeness (QED) is 0.277. The standard InChI is InChI=1S/C15H24BrN3S.HI/c1-5-19(6-2)14(17)18-11-15(3,4)20-13-9-7-12(16)8-10-13;/h7-10H,5-6,11H2,1-4H3,(H2,17,18);1H. The minimum Gasteiger partial charge on any atom is -0.370 e. The van der Waals surface area contributed by atoms with Gasteiger partial charge in [0, 0.05) is 27.2 Å². The molecule has 0 saturated heterocycles. The van der Waals surface area contributed by atoms with E-state index in [4.69, 9.17) is 5.73 Å². The predicted molar refractivity (Wildman–Crippen MR) is 109 cm³/mol. The number of hydrogen-bond acceptors (Lipinski definition) is 2. The second kappa shape index (κ2) is 9.94. The fourth-order valence-electron chi connectivity index (χ4n) is 1.77. The Bertz CT molecular complexity index is 445. The molecule has 0 atom stereocenters. The number of halogens is 2. The summed E-state index contributed by atoms with van der Waals surface area (Å²) in [6, 6.07) is 8.36. The summed E-state index contributed by atoms with van der Waals surface area (Å²) < 4.78 is 1.12. The highest BCUT2D eigenvalue weighted by Crippen LogP contribution is 2.33. The van der Waals surface area contributed by atoms with E-state index in [2.05, 4.69) is 77.8 Å². The zero-order chi connectivity index (χ0) is 15.2. The van der Waals surface area contributed by atoms with Gasteiger partial charge >= 0.3 is 0 Å². The Morgan fingerprint density at radius 3 is 2.24 bits per heavy atom. The number of aliphatic imine (C=N–C) groups is 1. The van der Waals surface area contributed by atoms with E-state index >= 15 is 0 Å². The van der Waals surface area contributed by atoms with Gasteiger partial charge in [0.05, 0.1) is 6.54 Å². The van der Waals surface area contributed by atoms with Gasteiger partial charge < -0.3 is 10.6 Å². The van der Waals surface area contributed by atoms with Crippen molar-refractivity contribution in [1.82, 2.24) is 4.90 Å². The summed E-state index contributed by atoms with van der Waals surface area (Å²) in [5.41, 5.74) is 6.02. The number of rotatable bonds is 6. The van der Waals surface area contributed by atoms with Crippen molar-refractivity contribution in [3.8, 4) is 0 Å². The van der Waals surface area contributed by atoms with E-state index in [9.17, 15) is 0 Å². The number of nitrogens with two attached hydrogens (primary N) is 1. The summed E-state index contributed by atoms with van der Waals surface area (Å²) in [6.07, 6.45) is 0. The molecule has 3 nitrogen and oxygen atoms in total. The third-order valence-corrected chi connectivity index (χ3v) is 4.64. The van der Waals surface area contributed by atoms with Crippen molar-refractivity contribution >= 4 is 57.6 Å². The average molecular weight is 486 g/mol. The van der Waals surface area contributed by atoms with Crippen LogP contribution in [0, 0.1) is 0 Å². The van der Waals surface area contributed by atoms with Gasteiger partial charge in [-0.25, -0.2) is 0 Å². The van der Waals surface area contributed by atoms with Crippen molar-refractivity contribution in [2.75, 3.05) is 19.6 Å². The van der Waals surface area contributed by atoms with E-state index in [0.717, 1.165) is 17.6 Å². The van der Waals surface area contributed by atoms with Gasteiger partial charge in [0.1, 0.15) is 0 Å². The van der Waals surface area contributed by atoms with Crippen molar-refractivity contribution in [2.24, 2.45) is 10.7 Å². The molecule has 0 aliphatic carbocycles. The highest BCUT2D eigenvalue weighted by molar-refractivity contribution is 14.0. The normalized spacial score (nSPS) is 12.0. The molecule has 120 valence electrons. The van der Waals surface area contributed by atoms with Gasteiger partial charge in [-0.2, -0.15) is 0 Å². The molecule has 2 N–H and O–H groups in total. The maximum atomic E-state index is 6.02. The van der Waals surface area contributed by atoms with Gasteiger partial charge in [0.25, 0.3) is 0 Å². The molecule has 0 aliphatic heterocycles.